The van der Waals surface area contributed by atoms with Crippen molar-refractivity contribution in [2.45, 2.75) is 26.7 Å². The Kier molecular flexibility index (Phi) is 6.23. The topological polar surface area (TPSA) is 39.7 Å². The minimum absolute atomic E-state index is 0.738. The molecular weight excluding hydrogens is 200 g/mol. The summed E-state index contributed by atoms with van der Waals surface area (Å²) in [5.74, 6) is 1.71. The van der Waals surface area contributed by atoms with E-state index in [0.717, 1.165) is 37.9 Å². The molecule has 1 atom stereocenters. The van der Waals surface area contributed by atoms with Crippen LogP contribution in [0.15, 0.2) is 4.99 Å². The Bertz CT molecular complexity index is 215. The average Bonchev–Trinajstić information content (AvgIpc) is 2.68. The van der Waals surface area contributed by atoms with Crippen molar-refractivity contribution >= 4 is 5.96 Å². The van der Waals surface area contributed by atoms with E-state index in [1.54, 1.807) is 0 Å². The van der Waals surface area contributed by atoms with E-state index in [0.29, 0.717) is 0 Å². The molecule has 1 unspecified atom stereocenters. The van der Waals surface area contributed by atoms with Crippen LogP contribution < -0.4 is 10.6 Å². The van der Waals surface area contributed by atoms with Crippen molar-refractivity contribution in [2.24, 2.45) is 10.9 Å². The fourth-order valence-electron chi connectivity index (χ4n) is 1.98. The molecule has 1 rings (SSSR count). The maximum Gasteiger partial charge on any atom is 0.191 e. The maximum atomic E-state index is 4.64. The molecular formula is C12H26N4. The summed E-state index contributed by atoms with van der Waals surface area (Å²) >= 11 is 0. The van der Waals surface area contributed by atoms with Crippen molar-refractivity contribution in [1.29, 1.82) is 0 Å². The Hall–Kier alpha value is -0.770. The van der Waals surface area contributed by atoms with Gasteiger partial charge in [-0.05, 0) is 39.3 Å². The highest BCUT2D eigenvalue weighted by Gasteiger charge is 2.18. The van der Waals surface area contributed by atoms with Crippen LogP contribution in [0.3, 0.4) is 0 Å². The molecule has 1 heterocycles. The molecule has 4 nitrogen and oxygen atoms in total. The van der Waals surface area contributed by atoms with Gasteiger partial charge in [-0.2, -0.15) is 0 Å². The molecule has 1 fully saturated rings. The standard InChI is InChI=1S/C12H26N4/c1-4-7-14-12(13-5-2)15-9-11-6-8-16(3)10-11/h11H,4-10H2,1-3H3,(H2,13,14,15). The molecule has 0 aliphatic carbocycles. The van der Waals surface area contributed by atoms with Crippen molar-refractivity contribution in [3.8, 4) is 0 Å². The van der Waals surface area contributed by atoms with Crippen LogP contribution in [0.4, 0.5) is 0 Å². The second-order valence-electron chi connectivity index (χ2n) is 4.56. The van der Waals surface area contributed by atoms with E-state index in [9.17, 15) is 0 Å². The van der Waals surface area contributed by atoms with Crippen LogP contribution in [0.1, 0.15) is 26.7 Å². The minimum Gasteiger partial charge on any atom is -0.357 e. The zero-order valence-electron chi connectivity index (χ0n) is 10.9. The van der Waals surface area contributed by atoms with Gasteiger partial charge in [-0.25, -0.2) is 0 Å². The summed E-state index contributed by atoms with van der Waals surface area (Å²) < 4.78 is 0. The third-order valence-corrected chi connectivity index (χ3v) is 2.88. The number of nitrogens with zero attached hydrogens (tertiary/aromatic N) is 2. The van der Waals surface area contributed by atoms with Crippen LogP contribution >= 0.6 is 0 Å². The molecule has 1 aliphatic heterocycles. The van der Waals surface area contributed by atoms with Crippen LogP contribution in [0.25, 0.3) is 0 Å². The minimum atomic E-state index is 0.738. The van der Waals surface area contributed by atoms with Crippen molar-refractivity contribution in [3.05, 3.63) is 0 Å². The quantitative estimate of drug-likeness (QED) is 0.540. The van der Waals surface area contributed by atoms with Crippen molar-refractivity contribution < 1.29 is 0 Å². The predicted octanol–water partition coefficient (Wildman–Crippen LogP) is 0.903. The Labute approximate surface area is 99.5 Å². The summed E-state index contributed by atoms with van der Waals surface area (Å²) in [5, 5.41) is 6.61. The third kappa shape index (κ3) is 4.84. The molecule has 0 aromatic carbocycles. The van der Waals surface area contributed by atoms with Gasteiger partial charge in [0, 0.05) is 26.2 Å². The maximum absolute atomic E-state index is 4.64. The zero-order chi connectivity index (χ0) is 11.8. The first-order chi connectivity index (χ1) is 7.76. The lowest BCUT2D eigenvalue weighted by atomic mass is 10.1. The van der Waals surface area contributed by atoms with Gasteiger partial charge < -0.3 is 15.5 Å². The highest BCUT2D eigenvalue weighted by atomic mass is 15.2. The fraction of sp³-hybridized carbons (Fsp3) is 0.917. The SMILES string of the molecule is CCCNC(=NCC1CCN(C)C1)NCC. The lowest BCUT2D eigenvalue weighted by Crippen LogP contribution is -2.38. The summed E-state index contributed by atoms with van der Waals surface area (Å²) in [7, 11) is 2.18. The molecule has 0 aromatic rings. The van der Waals surface area contributed by atoms with E-state index < -0.39 is 0 Å². The van der Waals surface area contributed by atoms with Crippen LogP contribution in [-0.2, 0) is 0 Å². The van der Waals surface area contributed by atoms with Gasteiger partial charge >= 0.3 is 0 Å². The number of nitrogens with one attached hydrogen (secondary N) is 2. The Morgan fingerprint density at radius 1 is 1.38 bits per heavy atom. The molecule has 0 bridgehead atoms. The number of likely N-dealkylation sites (tertiary alicyclic amines) is 1. The number of hydrogen-bond acceptors (Lipinski definition) is 2. The predicted molar refractivity (Wildman–Crippen MR) is 69.9 cm³/mol. The first-order valence-electron chi connectivity index (χ1n) is 6.47. The molecule has 0 saturated carbocycles. The largest absolute Gasteiger partial charge is 0.357 e. The van der Waals surface area contributed by atoms with Crippen molar-refractivity contribution in [3.63, 3.8) is 0 Å². The van der Waals surface area contributed by atoms with Crippen LogP contribution in [0.2, 0.25) is 0 Å². The fourth-order valence-corrected chi connectivity index (χ4v) is 1.98. The number of rotatable bonds is 5. The molecule has 1 aliphatic rings. The van der Waals surface area contributed by atoms with Gasteiger partial charge in [-0.15, -0.1) is 0 Å². The monoisotopic (exact) mass is 226 g/mol. The summed E-state index contributed by atoms with van der Waals surface area (Å²) in [6.07, 6.45) is 2.42. The van der Waals surface area contributed by atoms with Gasteiger partial charge in [0.25, 0.3) is 0 Å². The second kappa shape index (κ2) is 7.49. The number of guanidine groups is 1. The summed E-state index contributed by atoms with van der Waals surface area (Å²) in [4.78, 5) is 7.02. The zero-order valence-corrected chi connectivity index (χ0v) is 10.9. The van der Waals surface area contributed by atoms with E-state index in [4.69, 9.17) is 0 Å². The molecule has 4 heteroatoms. The molecule has 94 valence electrons. The lowest BCUT2D eigenvalue weighted by Gasteiger charge is -2.12. The van der Waals surface area contributed by atoms with E-state index in [-0.39, 0.29) is 0 Å². The van der Waals surface area contributed by atoms with Gasteiger partial charge in [0.15, 0.2) is 5.96 Å². The van der Waals surface area contributed by atoms with E-state index >= 15 is 0 Å². The van der Waals surface area contributed by atoms with Gasteiger partial charge in [-0.1, -0.05) is 6.92 Å². The molecule has 0 aromatic heterocycles. The van der Waals surface area contributed by atoms with Crippen molar-refractivity contribution in [2.75, 3.05) is 39.8 Å². The van der Waals surface area contributed by atoms with Crippen LogP contribution in [0, 0.1) is 5.92 Å². The van der Waals surface area contributed by atoms with Gasteiger partial charge in [0.1, 0.15) is 0 Å². The van der Waals surface area contributed by atoms with Gasteiger partial charge in [-0.3, -0.25) is 4.99 Å². The molecule has 0 amide bonds. The molecule has 1 saturated heterocycles. The Balaban J connectivity index is 2.31. The normalized spacial score (nSPS) is 22.4. The summed E-state index contributed by atoms with van der Waals surface area (Å²) in [5.41, 5.74) is 0. The highest BCUT2D eigenvalue weighted by Crippen LogP contribution is 2.13. The van der Waals surface area contributed by atoms with Crippen LogP contribution in [-0.4, -0.2) is 50.6 Å². The third-order valence-electron chi connectivity index (χ3n) is 2.88. The first kappa shape index (κ1) is 13.3. The molecule has 0 spiro atoms. The van der Waals surface area contributed by atoms with E-state index in [1.807, 2.05) is 0 Å². The number of hydrogen-bond donors (Lipinski definition) is 2. The summed E-state index contributed by atoms with van der Waals surface area (Å²) in [6.45, 7) is 9.56. The Morgan fingerprint density at radius 2 is 2.19 bits per heavy atom. The highest BCUT2D eigenvalue weighted by molar-refractivity contribution is 5.79. The molecule has 0 radical (unpaired) electrons. The van der Waals surface area contributed by atoms with Gasteiger partial charge in [0.2, 0.25) is 0 Å². The lowest BCUT2D eigenvalue weighted by molar-refractivity contribution is 0.397. The molecule has 2 N–H and O–H groups in total. The van der Waals surface area contributed by atoms with Gasteiger partial charge in [0.05, 0.1) is 0 Å². The summed E-state index contributed by atoms with van der Waals surface area (Å²) in [6, 6.07) is 0. The number of aliphatic imine (C=N–C) groups is 1. The van der Waals surface area contributed by atoms with E-state index in [2.05, 4.69) is 41.4 Å². The van der Waals surface area contributed by atoms with Crippen molar-refractivity contribution in [1.82, 2.24) is 15.5 Å². The molecule has 16 heavy (non-hydrogen) atoms. The Morgan fingerprint density at radius 3 is 2.75 bits per heavy atom. The van der Waals surface area contributed by atoms with E-state index in [1.165, 1.54) is 19.5 Å². The van der Waals surface area contributed by atoms with Crippen LogP contribution in [0.5, 0.6) is 0 Å². The second-order valence-corrected chi connectivity index (χ2v) is 4.56. The average molecular weight is 226 g/mol. The first-order valence-corrected chi connectivity index (χ1v) is 6.47. The smallest absolute Gasteiger partial charge is 0.191 e.